The molecule has 0 aromatic rings. The zero-order chi connectivity index (χ0) is 11.8. The Morgan fingerprint density at radius 3 is 2.25 bits per heavy atom. The third-order valence-electron chi connectivity index (χ3n) is 3.46. The monoisotopic (exact) mass is 235 g/mol. The highest BCUT2D eigenvalue weighted by molar-refractivity contribution is 5.81. The van der Waals surface area contributed by atoms with Crippen LogP contribution in [-0.2, 0) is 4.79 Å². The average Bonchev–Trinajstić information content (AvgIpc) is 2.99. The SMILES string of the molecule is O=C(NC1CCCCC1C(F)(F)F)C1CC1. The molecule has 2 fully saturated rings. The van der Waals surface area contributed by atoms with Crippen molar-refractivity contribution in [1.82, 2.24) is 5.32 Å². The van der Waals surface area contributed by atoms with Gasteiger partial charge in [0.2, 0.25) is 5.91 Å². The summed E-state index contributed by atoms with van der Waals surface area (Å²) in [6.07, 6.45) is -0.518. The van der Waals surface area contributed by atoms with Crippen molar-refractivity contribution in [3.63, 3.8) is 0 Å². The van der Waals surface area contributed by atoms with Crippen molar-refractivity contribution in [2.45, 2.75) is 50.7 Å². The molecule has 0 spiro atoms. The minimum Gasteiger partial charge on any atom is -0.353 e. The molecule has 5 heteroatoms. The molecule has 0 bridgehead atoms. The molecule has 16 heavy (non-hydrogen) atoms. The van der Waals surface area contributed by atoms with Crippen LogP contribution in [0.1, 0.15) is 38.5 Å². The summed E-state index contributed by atoms with van der Waals surface area (Å²) in [5, 5.41) is 2.58. The van der Waals surface area contributed by atoms with Gasteiger partial charge in [-0.1, -0.05) is 12.8 Å². The van der Waals surface area contributed by atoms with Crippen molar-refractivity contribution in [1.29, 1.82) is 0 Å². The second-order valence-corrected chi connectivity index (χ2v) is 4.82. The molecular weight excluding hydrogens is 219 g/mol. The smallest absolute Gasteiger partial charge is 0.353 e. The lowest BCUT2D eigenvalue weighted by Crippen LogP contribution is -2.48. The molecule has 0 saturated heterocycles. The molecule has 0 heterocycles. The molecule has 2 rings (SSSR count). The summed E-state index contributed by atoms with van der Waals surface area (Å²) in [6, 6.07) is -0.693. The molecule has 2 unspecified atom stereocenters. The molecular formula is C11H16F3NO. The number of hydrogen-bond acceptors (Lipinski definition) is 1. The second kappa shape index (κ2) is 4.26. The number of rotatable bonds is 2. The van der Waals surface area contributed by atoms with Crippen LogP contribution in [0.25, 0.3) is 0 Å². The number of nitrogens with one attached hydrogen (secondary N) is 1. The molecule has 0 aromatic carbocycles. The van der Waals surface area contributed by atoms with Crippen molar-refractivity contribution in [2.24, 2.45) is 11.8 Å². The number of halogens is 3. The van der Waals surface area contributed by atoms with Crippen LogP contribution in [0.5, 0.6) is 0 Å². The van der Waals surface area contributed by atoms with E-state index in [0.29, 0.717) is 12.8 Å². The van der Waals surface area contributed by atoms with Gasteiger partial charge in [-0.3, -0.25) is 4.79 Å². The fourth-order valence-corrected chi connectivity index (χ4v) is 2.34. The average molecular weight is 235 g/mol. The van der Waals surface area contributed by atoms with E-state index in [-0.39, 0.29) is 18.2 Å². The van der Waals surface area contributed by atoms with E-state index in [9.17, 15) is 18.0 Å². The van der Waals surface area contributed by atoms with Gasteiger partial charge >= 0.3 is 6.18 Å². The van der Waals surface area contributed by atoms with E-state index in [4.69, 9.17) is 0 Å². The summed E-state index contributed by atoms with van der Waals surface area (Å²) in [7, 11) is 0. The Morgan fingerprint density at radius 1 is 1.06 bits per heavy atom. The number of carbonyl (C=O) groups excluding carboxylic acids is 1. The molecule has 2 aliphatic carbocycles. The molecule has 2 nitrogen and oxygen atoms in total. The fraction of sp³-hybridized carbons (Fsp3) is 0.909. The summed E-state index contributed by atoms with van der Waals surface area (Å²) in [5.74, 6) is -1.54. The molecule has 92 valence electrons. The Hall–Kier alpha value is -0.740. The first-order valence-corrected chi connectivity index (χ1v) is 5.85. The van der Waals surface area contributed by atoms with Gasteiger partial charge in [-0.25, -0.2) is 0 Å². The van der Waals surface area contributed by atoms with E-state index < -0.39 is 18.1 Å². The minimum absolute atomic E-state index is 0.0178. The van der Waals surface area contributed by atoms with Gasteiger partial charge in [0.15, 0.2) is 0 Å². The van der Waals surface area contributed by atoms with Crippen LogP contribution < -0.4 is 5.32 Å². The number of hydrogen-bond donors (Lipinski definition) is 1. The maximum Gasteiger partial charge on any atom is 0.393 e. The number of alkyl halides is 3. The van der Waals surface area contributed by atoms with Crippen LogP contribution in [0.3, 0.4) is 0 Å². The molecule has 0 radical (unpaired) electrons. The summed E-state index contributed by atoms with van der Waals surface area (Å²) in [4.78, 5) is 11.5. The first-order valence-electron chi connectivity index (χ1n) is 5.85. The third-order valence-corrected chi connectivity index (χ3v) is 3.46. The Labute approximate surface area is 92.6 Å². The highest BCUT2D eigenvalue weighted by atomic mass is 19.4. The number of amides is 1. The van der Waals surface area contributed by atoms with E-state index in [1.54, 1.807) is 0 Å². The normalized spacial score (nSPS) is 31.2. The Balaban J connectivity index is 1.95. The van der Waals surface area contributed by atoms with Gasteiger partial charge < -0.3 is 5.32 Å². The third kappa shape index (κ3) is 2.68. The van der Waals surface area contributed by atoms with Crippen LogP contribution in [0.2, 0.25) is 0 Å². The highest BCUT2D eigenvalue weighted by Gasteiger charge is 2.46. The predicted octanol–water partition coefficient (Wildman–Crippen LogP) is 2.63. The van der Waals surface area contributed by atoms with Gasteiger partial charge in [-0.2, -0.15) is 13.2 Å². The van der Waals surface area contributed by atoms with Crippen molar-refractivity contribution in [2.75, 3.05) is 0 Å². The zero-order valence-electron chi connectivity index (χ0n) is 9.02. The van der Waals surface area contributed by atoms with Crippen LogP contribution in [0, 0.1) is 11.8 Å². The van der Waals surface area contributed by atoms with Gasteiger partial charge in [-0.15, -0.1) is 0 Å². The molecule has 2 saturated carbocycles. The zero-order valence-corrected chi connectivity index (χ0v) is 9.02. The van der Waals surface area contributed by atoms with Crippen LogP contribution in [-0.4, -0.2) is 18.1 Å². The van der Waals surface area contributed by atoms with Crippen molar-refractivity contribution in [3.8, 4) is 0 Å². The highest BCUT2D eigenvalue weighted by Crippen LogP contribution is 2.38. The summed E-state index contributed by atoms with van der Waals surface area (Å²) in [5.41, 5.74) is 0. The summed E-state index contributed by atoms with van der Waals surface area (Å²) < 4.78 is 38.1. The molecule has 2 aliphatic rings. The first-order chi connectivity index (χ1) is 7.48. The van der Waals surface area contributed by atoms with Gasteiger partial charge in [0, 0.05) is 12.0 Å². The molecule has 1 amide bonds. The Bertz CT molecular complexity index is 273. The van der Waals surface area contributed by atoms with Crippen molar-refractivity contribution in [3.05, 3.63) is 0 Å². The van der Waals surface area contributed by atoms with Crippen LogP contribution in [0.4, 0.5) is 13.2 Å². The molecule has 0 aliphatic heterocycles. The van der Waals surface area contributed by atoms with Crippen molar-refractivity contribution >= 4 is 5.91 Å². The van der Waals surface area contributed by atoms with E-state index in [1.165, 1.54) is 0 Å². The Morgan fingerprint density at radius 2 is 1.69 bits per heavy atom. The number of carbonyl (C=O) groups is 1. The van der Waals surface area contributed by atoms with Crippen LogP contribution >= 0.6 is 0 Å². The van der Waals surface area contributed by atoms with Gasteiger partial charge in [-0.05, 0) is 25.7 Å². The van der Waals surface area contributed by atoms with E-state index in [0.717, 1.165) is 19.3 Å². The predicted molar refractivity (Wildman–Crippen MR) is 52.7 cm³/mol. The first kappa shape index (κ1) is 11.7. The fourth-order valence-electron chi connectivity index (χ4n) is 2.34. The maximum absolute atomic E-state index is 12.7. The van der Waals surface area contributed by atoms with Crippen molar-refractivity contribution < 1.29 is 18.0 Å². The quantitative estimate of drug-likeness (QED) is 0.783. The second-order valence-electron chi connectivity index (χ2n) is 4.82. The van der Waals surface area contributed by atoms with Gasteiger partial charge in [0.05, 0.1) is 5.92 Å². The van der Waals surface area contributed by atoms with Crippen LogP contribution in [0.15, 0.2) is 0 Å². The summed E-state index contributed by atoms with van der Waals surface area (Å²) >= 11 is 0. The van der Waals surface area contributed by atoms with E-state index in [1.807, 2.05) is 0 Å². The lowest BCUT2D eigenvalue weighted by molar-refractivity contribution is -0.189. The maximum atomic E-state index is 12.7. The molecule has 2 atom stereocenters. The summed E-state index contributed by atoms with van der Waals surface area (Å²) in [6.45, 7) is 0. The topological polar surface area (TPSA) is 29.1 Å². The lowest BCUT2D eigenvalue weighted by atomic mass is 9.84. The Kier molecular flexibility index (Phi) is 3.13. The van der Waals surface area contributed by atoms with E-state index in [2.05, 4.69) is 5.32 Å². The molecule has 0 aromatic heterocycles. The standard InChI is InChI=1S/C11H16F3NO/c12-11(13,14)8-3-1-2-4-9(8)15-10(16)7-5-6-7/h7-9H,1-6H2,(H,15,16). The van der Waals surface area contributed by atoms with Gasteiger partial charge in [0.25, 0.3) is 0 Å². The lowest BCUT2D eigenvalue weighted by Gasteiger charge is -2.33. The minimum atomic E-state index is -4.18. The van der Waals surface area contributed by atoms with Gasteiger partial charge in [0.1, 0.15) is 0 Å². The van der Waals surface area contributed by atoms with E-state index >= 15 is 0 Å². The molecule has 1 N–H and O–H groups in total. The largest absolute Gasteiger partial charge is 0.393 e.